The molecule has 0 aromatic heterocycles. The summed E-state index contributed by atoms with van der Waals surface area (Å²) in [7, 11) is 0. The molecule has 10 heteroatoms. The number of carbonyl (C=O) groups is 2. The van der Waals surface area contributed by atoms with Crippen LogP contribution < -0.4 is 31.7 Å². The highest BCUT2D eigenvalue weighted by atomic mass is 35.5. The molecule has 1 fully saturated rings. The molecule has 2 aromatic rings. The highest BCUT2D eigenvalue weighted by Gasteiger charge is 2.40. The third-order valence-electron chi connectivity index (χ3n) is 7.65. The number of amides is 2. The molecule has 4 atom stereocenters. The lowest BCUT2D eigenvalue weighted by atomic mass is 9.80. The number of anilines is 1. The van der Waals surface area contributed by atoms with Gasteiger partial charge in [-0.05, 0) is 37.1 Å². The van der Waals surface area contributed by atoms with Crippen molar-refractivity contribution >= 4 is 29.1 Å². The van der Waals surface area contributed by atoms with E-state index in [2.05, 4.69) is 35.1 Å². The van der Waals surface area contributed by atoms with Gasteiger partial charge in [0, 0.05) is 66.5 Å². The Hall–Kier alpha value is -3.30. The van der Waals surface area contributed by atoms with Crippen LogP contribution in [0.2, 0.25) is 5.02 Å². The zero-order valence-corrected chi connectivity index (χ0v) is 23.7. The molecule has 2 aliphatic heterocycles. The Labute approximate surface area is 233 Å². The summed E-state index contributed by atoms with van der Waals surface area (Å²) in [6.07, 6.45) is 0.550. The number of carbonyl (C=O) groups excluding carboxylic acids is 2. The van der Waals surface area contributed by atoms with Crippen LogP contribution in [-0.2, 0) is 10.2 Å². The maximum Gasteiger partial charge on any atom is 0.257 e. The van der Waals surface area contributed by atoms with Crippen LogP contribution in [0.1, 0.15) is 63.4 Å². The van der Waals surface area contributed by atoms with Crippen LogP contribution in [0, 0.1) is 11.7 Å². The summed E-state index contributed by atoms with van der Waals surface area (Å²) < 4.78 is 20.7. The number of hydrogen-bond acceptors (Lipinski definition) is 6. The molecule has 0 aliphatic carbocycles. The van der Waals surface area contributed by atoms with E-state index in [4.69, 9.17) is 22.1 Å². The molecule has 8 nitrogen and oxygen atoms in total. The van der Waals surface area contributed by atoms with Gasteiger partial charge in [-0.15, -0.1) is 0 Å². The molecule has 3 unspecified atom stereocenters. The number of allylic oxidation sites excluding steroid dienone is 1. The standard InChI is InChI=1S/C29H37ClFN5O3/c1-15(16(2)34-17(3)37)27-22(32)11-12-25(36-27)39-23-13-18(9-10-21(23)31)35-28(38)19-7-6-8-20(26(19)30)29(4,5)24-14-33-24/h6-10,13,15-16,24-25,33,36H,11-12,14,32H2,1-5H3,(H,34,37)(H,35,38)/t15?,16-,24?,25?/m1/s1. The Morgan fingerprint density at radius 2 is 1.95 bits per heavy atom. The second kappa shape index (κ2) is 11.4. The number of benzene rings is 2. The molecule has 0 spiro atoms. The van der Waals surface area contributed by atoms with Crippen molar-refractivity contribution in [3.63, 3.8) is 0 Å². The fourth-order valence-electron chi connectivity index (χ4n) is 4.95. The Morgan fingerprint density at radius 1 is 1.23 bits per heavy atom. The Kier molecular flexibility index (Phi) is 8.42. The third-order valence-corrected chi connectivity index (χ3v) is 8.06. The number of hydrogen-bond donors (Lipinski definition) is 5. The van der Waals surface area contributed by atoms with Gasteiger partial charge >= 0.3 is 0 Å². The van der Waals surface area contributed by atoms with Crippen LogP contribution in [0.4, 0.5) is 10.1 Å². The van der Waals surface area contributed by atoms with Gasteiger partial charge in [-0.2, -0.15) is 0 Å². The predicted octanol–water partition coefficient (Wildman–Crippen LogP) is 4.40. The van der Waals surface area contributed by atoms with Gasteiger partial charge in [0.2, 0.25) is 5.91 Å². The highest BCUT2D eigenvalue weighted by molar-refractivity contribution is 6.35. The molecular weight excluding hydrogens is 521 g/mol. The number of halogens is 2. The van der Waals surface area contributed by atoms with Crippen LogP contribution in [0.15, 0.2) is 47.8 Å². The van der Waals surface area contributed by atoms with E-state index in [1.54, 1.807) is 6.07 Å². The van der Waals surface area contributed by atoms with Crippen molar-refractivity contribution < 1.29 is 18.7 Å². The summed E-state index contributed by atoms with van der Waals surface area (Å²) in [4.78, 5) is 24.7. The molecule has 2 aromatic carbocycles. The monoisotopic (exact) mass is 557 g/mol. The lowest BCUT2D eigenvalue weighted by Crippen LogP contribution is -2.46. The maximum absolute atomic E-state index is 14.7. The number of nitrogens with one attached hydrogen (secondary N) is 4. The molecular formula is C29H37ClFN5O3. The SMILES string of the molecule is CC(=O)N[C@H](C)C(C)C1=C(N)CCC(Oc2cc(NC(=O)c3cccc(C(C)(C)C4CN4)c3Cl)ccc2F)N1. The minimum absolute atomic E-state index is 0.00604. The van der Waals surface area contributed by atoms with Gasteiger partial charge in [-0.3, -0.25) is 9.59 Å². The van der Waals surface area contributed by atoms with Crippen molar-refractivity contribution in [3.05, 3.63) is 69.8 Å². The first kappa shape index (κ1) is 28.7. The summed E-state index contributed by atoms with van der Waals surface area (Å²) in [5.41, 5.74) is 9.07. The zero-order chi connectivity index (χ0) is 28.5. The molecule has 2 amide bonds. The zero-order valence-electron chi connectivity index (χ0n) is 23.0. The molecule has 39 heavy (non-hydrogen) atoms. The summed E-state index contributed by atoms with van der Waals surface area (Å²) in [6, 6.07) is 9.76. The van der Waals surface area contributed by atoms with Crippen LogP contribution in [0.5, 0.6) is 5.75 Å². The van der Waals surface area contributed by atoms with E-state index in [9.17, 15) is 14.0 Å². The second-order valence-electron chi connectivity index (χ2n) is 11.0. The van der Waals surface area contributed by atoms with E-state index >= 15 is 0 Å². The minimum atomic E-state index is -0.558. The van der Waals surface area contributed by atoms with Crippen LogP contribution >= 0.6 is 11.6 Å². The van der Waals surface area contributed by atoms with Gasteiger partial charge in [0.1, 0.15) is 0 Å². The molecule has 0 radical (unpaired) electrons. The normalized spacial score (nSPS) is 20.5. The van der Waals surface area contributed by atoms with Gasteiger partial charge in [-0.1, -0.05) is 44.5 Å². The molecule has 1 saturated heterocycles. The molecule has 210 valence electrons. The summed E-state index contributed by atoms with van der Waals surface area (Å²) in [6.45, 7) is 10.4. The quantitative estimate of drug-likeness (QED) is 0.291. The minimum Gasteiger partial charge on any atom is -0.468 e. The van der Waals surface area contributed by atoms with Crippen molar-refractivity contribution in [2.45, 2.75) is 71.2 Å². The van der Waals surface area contributed by atoms with Crippen molar-refractivity contribution in [2.24, 2.45) is 11.7 Å². The van der Waals surface area contributed by atoms with Crippen LogP contribution in [0.25, 0.3) is 0 Å². The third kappa shape index (κ3) is 6.47. The maximum atomic E-state index is 14.7. The predicted molar refractivity (Wildman–Crippen MR) is 151 cm³/mol. The molecule has 2 heterocycles. The smallest absolute Gasteiger partial charge is 0.257 e. The molecule has 0 saturated carbocycles. The van der Waals surface area contributed by atoms with Gasteiger partial charge < -0.3 is 31.7 Å². The van der Waals surface area contributed by atoms with Crippen molar-refractivity contribution in [1.82, 2.24) is 16.0 Å². The Bertz CT molecular complexity index is 1290. The lowest BCUT2D eigenvalue weighted by Gasteiger charge is -2.33. The first-order valence-corrected chi connectivity index (χ1v) is 13.6. The van der Waals surface area contributed by atoms with Gasteiger partial charge in [0.25, 0.3) is 5.91 Å². The Balaban J connectivity index is 1.47. The number of nitrogens with two attached hydrogens (primary N) is 1. The molecule has 2 aliphatic rings. The van der Waals surface area contributed by atoms with E-state index < -0.39 is 18.0 Å². The van der Waals surface area contributed by atoms with E-state index in [1.165, 1.54) is 25.1 Å². The van der Waals surface area contributed by atoms with E-state index in [0.717, 1.165) is 17.8 Å². The average Bonchev–Trinajstić information content (AvgIpc) is 3.72. The Morgan fingerprint density at radius 3 is 2.62 bits per heavy atom. The van der Waals surface area contributed by atoms with Crippen molar-refractivity contribution in [2.75, 3.05) is 11.9 Å². The van der Waals surface area contributed by atoms with Gasteiger partial charge in [-0.25, -0.2) is 4.39 Å². The molecule has 6 N–H and O–H groups in total. The van der Waals surface area contributed by atoms with Crippen molar-refractivity contribution in [3.8, 4) is 5.75 Å². The first-order chi connectivity index (χ1) is 18.4. The fraction of sp³-hybridized carbons (Fsp3) is 0.448. The van der Waals surface area contributed by atoms with Crippen LogP contribution in [-0.4, -0.2) is 36.7 Å². The summed E-state index contributed by atoms with van der Waals surface area (Å²) >= 11 is 6.69. The average molecular weight is 558 g/mol. The number of rotatable bonds is 9. The van der Waals surface area contributed by atoms with E-state index in [0.29, 0.717) is 40.9 Å². The first-order valence-electron chi connectivity index (χ1n) is 13.2. The molecule has 0 bridgehead atoms. The fourth-order valence-corrected chi connectivity index (χ4v) is 5.41. The van der Waals surface area contributed by atoms with Gasteiger partial charge in [0.15, 0.2) is 17.8 Å². The number of ether oxygens (including phenoxy) is 1. The van der Waals surface area contributed by atoms with Crippen molar-refractivity contribution in [1.29, 1.82) is 0 Å². The lowest BCUT2D eigenvalue weighted by molar-refractivity contribution is -0.119. The van der Waals surface area contributed by atoms with E-state index in [-0.39, 0.29) is 29.0 Å². The van der Waals surface area contributed by atoms with Gasteiger partial charge in [0.05, 0.1) is 10.6 Å². The second-order valence-corrected chi connectivity index (χ2v) is 11.3. The summed E-state index contributed by atoms with van der Waals surface area (Å²) in [5, 5.41) is 12.7. The van der Waals surface area contributed by atoms with E-state index in [1.807, 2.05) is 26.0 Å². The molecule has 4 rings (SSSR count). The summed E-state index contributed by atoms with van der Waals surface area (Å²) in [5.74, 6) is -1.19. The topological polar surface area (TPSA) is 127 Å². The highest BCUT2D eigenvalue weighted by Crippen LogP contribution is 2.38. The van der Waals surface area contributed by atoms with Crippen LogP contribution in [0.3, 0.4) is 0 Å². The largest absolute Gasteiger partial charge is 0.468 e.